The maximum absolute atomic E-state index is 4.17. The molecule has 0 bridgehead atoms. The van der Waals surface area contributed by atoms with Gasteiger partial charge in [0.15, 0.2) is 0 Å². The molecule has 3 rings (SSSR count). The number of hydrogen-bond donors (Lipinski definition) is 1. The number of nitrogens with one attached hydrogen (secondary N) is 1. The van der Waals surface area contributed by atoms with Gasteiger partial charge in [-0.15, -0.1) is 0 Å². The van der Waals surface area contributed by atoms with Gasteiger partial charge in [0.25, 0.3) is 0 Å². The largest absolute Gasteiger partial charge is 0.285 e. The molecule has 0 aliphatic carbocycles. The van der Waals surface area contributed by atoms with E-state index in [4.69, 9.17) is 0 Å². The predicted octanol–water partition coefficient (Wildman–Crippen LogP) is 3.23. The van der Waals surface area contributed by atoms with Gasteiger partial charge in [-0.2, -0.15) is 5.10 Å². The summed E-state index contributed by atoms with van der Waals surface area (Å²) in [6, 6.07) is 16.7. The van der Waals surface area contributed by atoms with Crippen molar-refractivity contribution in [3.05, 3.63) is 54.7 Å². The molecular formula is C13H10N2. The van der Waals surface area contributed by atoms with Crippen LogP contribution in [-0.4, -0.2) is 10.2 Å². The first-order chi connectivity index (χ1) is 7.43. The van der Waals surface area contributed by atoms with Gasteiger partial charge in [0.2, 0.25) is 0 Å². The molecule has 3 aromatic rings. The van der Waals surface area contributed by atoms with Crippen molar-refractivity contribution in [3.63, 3.8) is 0 Å². The van der Waals surface area contributed by atoms with Crippen LogP contribution >= 0.6 is 0 Å². The lowest BCUT2D eigenvalue weighted by atomic mass is 10.1. The average Bonchev–Trinajstić information content (AvgIpc) is 2.82. The molecule has 0 saturated carbocycles. The van der Waals surface area contributed by atoms with Crippen molar-refractivity contribution in [2.24, 2.45) is 0 Å². The van der Waals surface area contributed by atoms with Gasteiger partial charge in [-0.25, -0.2) is 0 Å². The highest BCUT2D eigenvalue weighted by molar-refractivity contribution is 5.86. The molecule has 0 aliphatic heterocycles. The zero-order chi connectivity index (χ0) is 10.1. The number of hydrogen-bond acceptors (Lipinski definition) is 1. The minimum atomic E-state index is 0.987. The van der Waals surface area contributed by atoms with Crippen molar-refractivity contribution in [2.75, 3.05) is 0 Å². The van der Waals surface area contributed by atoms with Crippen LogP contribution in [0.5, 0.6) is 0 Å². The molecule has 1 aromatic heterocycles. The fourth-order valence-corrected chi connectivity index (χ4v) is 1.77. The third kappa shape index (κ3) is 1.40. The third-order valence-corrected chi connectivity index (χ3v) is 2.55. The van der Waals surface area contributed by atoms with E-state index in [1.54, 1.807) is 0 Å². The van der Waals surface area contributed by atoms with Crippen molar-refractivity contribution in [2.45, 2.75) is 0 Å². The first kappa shape index (κ1) is 8.24. The van der Waals surface area contributed by atoms with E-state index in [2.05, 4.69) is 52.7 Å². The molecule has 2 nitrogen and oxygen atoms in total. The van der Waals surface area contributed by atoms with Gasteiger partial charge in [0.05, 0.1) is 5.69 Å². The summed E-state index contributed by atoms with van der Waals surface area (Å²) in [6.07, 6.45) is 1.84. The molecular weight excluding hydrogens is 184 g/mol. The fraction of sp³-hybridized carbons (Fsp3) is 0. The van der Waals surface area contributed by atoms with Crippen molar-refractivity contribution in [3.8, 4) is 11.3 Å². The molecule has 0 saturated heterocycles. The minimum absolute atomic E-state index is 0.987. The van der Waals surface area contributed by atoms with Gasteiger partial charge in [-0.1, -0.05) is 36.4 Å². The molecule has 0 fully saturated rings. The van der Waals surface area contributed by atoms with Crippen LogP contribution in [0.1, 0.15) is 0 Å². The Hall–Kier alpha value is -2.09. The second-order valence-electron chi connectivity index (χ2n) is 3.52. The van der Waals surface area contributed by atoms with Gasteiger partial charge in [-0.05, 0) is 22.9 Å². The van der Waals surface area contributed by atoms with E-state index in [0.29, 0.717) is 0 Å². The topological polar surface area (TPSA) is 28.7 Å². The first-order valence-electron chi connectivity index (χ1n) is 4.92. The first-order valence-corrected chi connectivity index (χ1v) is 4.92. The summed E-state index contributed by atoms with van der Waals surface area (Å²) in [5.74, 6) is 0. The Bertz CT molecular complexity index is 582. The van der Waals surface area contributed by atoms with E-state index in [9.17, 15) is 0 Å². The monoisotopic (exact) mass is 194 g/mol. The molecule has 0 aliphatic rings. The molecule has 1 heterocycles. The van der Waals surface area contributed by atoms with Crippen molar-refractivity contribution >= 4 is 10.8 Å². The van der Waals surface area contributed by atoms with E-state index < -0.39 is 0 Å². The molecule has 1 N–H and O–H groups in total. The van der Waals surface area contributed by atoms with Crippen molar-refractivity contribution < 1.29 is 0 Å². The quantitative estimate of drug-likeness (QED) is 0.633. The molecule has 15 heavy (non-hydrogen) atoms. The molecule has 0 atom stereocenters. The Kier molecular flexibility index (Phi) is 1.78. The van der Waals surface area contributed by atoms with E-state index >= 15 is 0 Å². The summed E-state index contributed by atoms with van der Waals surface area (Å²) in [6.45, 7) is 0. The van der Waals surface area contributed by atoms with Gasteiger partial charge < -0.3 is 0 Å². The lowest BCUT2D eigenvalue weighted by Gasteiger charge is -2.00. The zero-order valence-electron chi connectivity index (χ0n) is 8.14. The standard InChI is InChI=1S/C13H10N2/c1-2-4-11-9-12(6-5-10(11)3-1)13-7-8-14-15-13/h1-9H,(H,14,15). The summed E-state index contributed by atoms with van der Waals surface area (Å²) in [7, 11) is 0. The van der Waals surface area contributed by atoms with Crippen LogP contribution in [0.15, 0.2) is 54.7 Å². The van der Waals surface area contributed by atoms with E-state index in [1.807, 2.05) is 12.3 Å². The van der Waals surface area contributed by atoms with Crippen molar-refractivity contribution in [1.82, 2.24) is 10.2 Å². The normalized spacial score (nSPS) is 10.7. The van der Waals surface area contributed by atoms with Crippen LogP contribution in [0.2, 0.25) is 0 Å². The number of H-pyrrole nitrogens is 1. The van der Waals surface area contributed by atoms with Gasteiger partial charge in [0, 0.05) is 11.8 Å². The second-order valence-corrected chi connectivity index (χ2v) is 3.52. The Morgan fingerprint density at radius 3 is 2.53 bits per heavy atom. The average molecular weight is 194 g/mol. The lowest BCUT2D eigenvalue weighted by molar-refractivity contribution is 1.10. The molecule has 72 valence electrons. The highest BCUT2D eigenvalue weighted by Crippen LogP contribution is 2.22. The summed E-state index contributed by atoms with van der Waals surface area (Å²) < 4.78 is 0. The zero-order valence-corrected chi connectivity index (χ0v) is 8.14. The SMILES string of the molecule is c1ccc2cc(-c3cc[nH]n3)ccc2c1. The number of fused-ring (bicyclic) bond motifs is 1. The predicted molar refractivity (Wildman–Crippen MR) is 61.5 cm³/mol. The molecule has 0 amide bonds. The fourth-order valence-electron chi connectivity index (χ4n) is 1.77. The molecule has 0 radical (unpaired) electrons. The third-order valence-electron chi connectivity index (χ3n) is 2.55. The van der Waals surface area contributed by atoms with Crippen LogP contribution < -0.4 is 0 Å². The van der Waals surface area contributed by atoms with Crippen LogP contribution in [0.4, 0.5) is 0 Å². The van der Waals surface area contributed by atoms with Crippen LogP contribution in [0.25, 0.3) is 22.0 Å². The molecule has 0 unspecified atom stereocenters. The molecule has 2 aromatic carbocycles. The molecule has 2 heteroatoms. The maximum Gasteiger partial charge on any atom is 0.0920 e. The van der Waals surface area contributed by atoms with Crippen LogP contribution in [0.3, 0.4) is 0 Å². The maximum atomic E-state index is 4.17. The number of aromatic amines is 1. The summed E-state index contributed by atoms with van der Waals surface area (Å²) in [4.78, 5) is 0. The highest BCUT2D eigenvalue weighted by Gasteiger charge is 2.00. The molecule has 0 spiro atoms. The Morgan fingerprint density at radius 1 is 0.867 bits per heavy atom. The van der Waals surface area contributed by atoms with Crippen LogP contribution in [0, 0.1) is 0 Å². The van der Waals surface area contributed by atoms with Gasteiger partial charge in [-0.3, -0.25) is 5.10 Å². The lowest BCUT2D eigenvalue weighted by Crippen LogP contribution is -1.78. The van der Waals surface area contributed by atoms with E-state index in [1.165, 1.54) is 10.8 Å². The summed E-state index contributed by atoms with van der Waals surface area (Å²) in [5.41, 5.74) is 2.13. The van der Waals surface area contributed by atoms with E-state index in [-0.39, 0.29) is 0 Å². The second kappa shape index (κ2) is 3.24. The van der Waals surface area contributed by atoms with E-state index in [0.717, 1.165) is 11.3 Å². The summed E-state index contributed by atoms with van der Waals surface area (Å²) >= 11 is 0. The Balaban J connectivity index is 2.22. The highest BCUT2D eigenvalue weighted by atomic mass is 15.1. The number of rotatable bonds is 1. The number of nitrogens with zero attached hydrogens (tertiary/aromatic N) is 1. The van der Waals surface area contributed by atoms with Crippen molar-refractivity contribution in [1.29, 1.82) is 0 Å². The number of aromatic nitrogens is 2. The van der Waals surface area contributed by atoms with Crippen LogP contribution in [-0.2, 0) is 0 Å². The smallest absolute Gasteiger partial charge is 0.0920 e. The van der Waals surface area contributed by atoms with Gasteiger partial charge in [0.1, 0.15) is 0 Å². The Morgan fingerprint density at radius 2 is 1.73 bits per heavy atom. The van der Waals surface area contributed by atoms with Gasteiger partial charge >= 0.3 is 0 Å². The number of benzene rings is 2. The summed E-state index contributed by atoms with van der Waals surface area (Å²) in [5, 5.41) is 9.50. The minimum Gasteiger partial charge on any atom is -0.285 e. The Labute approximate surface area is 87.6 Å².